The third-order valence-corrected chi connectivity index (χ3v) is 6.32. The second-order valence-electron chi connectivity index (χ2n) is 7.05. The third kappa shape index (κ3) is 7.32. The minimum Gasteiger partial charge on any atom is -0.351 e. The Balaban J connectivity index is 1.35. The standard InChI is InChI=1S/C22H27BrN2OS/c23-21-10-8-20(9-11-21)16-27-17-22(26)24-14-18-4-6-19(7-5-18)15-25-12-2-1-3-13-25/h4-11H,1-3,12-17H2,(H,24,26). The molecular weight excluding hydrogens is 420 g/mol. The van der Waals surface area contributed by atoms with E-state index >= 15 is 0 Å². The number of halogens is 1. The molecular formula is C22H27BrN2OS. The lowest BCUT2D eigenvalue weighted by atomic mass is 10.1. The van der Waals surface area contributed by atoms with Crippen molar-refractivity contribution in [3.63, 3.8) is 0 Å². The number of carbonyl (C=O) groups excluding carboxylic acids is 1. The molecule has 1 N–H and O–H groups in total. The predicted octanol–water partition coefficient (Wildman–Crippen LogP) is 4.98. The number of hydrogen-bond acceptors (Lipinski definition) is 3. The Hall–Kier alpha value is -1.30. The Morgan fingerprint density at radius 3 is 2.26 bits per heavy atom. The van der Waals surface area contributed by atoms with Crippen LogP contribution in [0, 0.1) is 0 Å². The average molecular weight is 447 g/mol. The zero-order valence-corrected chi connectivity index (χ0v) is 18.0. The Morgan fingerprint density at radius 2 is 1.56 bits per heavy atom. The number of nitrogens with zero attached hydrogens (tertiary/aromatic N) is 1. The first-order valence-electron chi connectivity index (χ1n) is 9.58. The lowest BCUT2D eigenvalue weighted by Gasteiger charge is -2.26. The summed E-state index contributed by atoms with van der Waals surface area (Å²) in [4.78, 5) is 14.6. The molecule has 2 aromatic rings. The zero-order chi connectivity index (χ0) is 18.9. The minimum absolute atomic E-state index is 0.0921. The van der Waals surface area contributed by atoms with Crippen LogP contribution < -0.4 is 5.32 Å². The fourth-order valence-electron chi connectivity index (χ4n) is 3.23. The summed E-state index contributed by atoms with van der Waals surface area (Å²) >= 11 is 5.08. The first kappa shape index (κ1) is 20.4. The van der Waals surface area contributed by atoms with Crippen LogP contribution in [0.1, 0.15) is 36.0 Å². The van der Waals surface area contributed by atoms with Gasteiger partial charge in [-0.25, -0.2) is 0 Å². The summed E-state index contributed by atoms with van der Waals surface area (Å²) in [5, 5.41) is 3.02. The maximum atomic E-state index is 12.0. The molecule has 1 heterocycles. The normalized spacial score (nSPS) is 14.9. The van der Waals surface area contributed by atoms with Crippen LogP contribution in [0.4, 0.5) is 0 Å². The monoisotopic (exact) mass is 446 g/mol. The van der Waals surface area contributed by atoms with Crippen molar-refractivity contribution in [1.82, 2.24) is 10.2 Å². The van der Waals surface area contributed by atoms with E-state index in [1.54, 1.807) is 11.8 Å². The number of hydrogen-bond donors (Lipinski definition) is 1. The summed E-state index contributed by atoms with van der Waals surface area (Å²) in [5.41, 5.74) is 3.75. The van der Waals surface area contributed by atoms with Crippen molar-refractivity contribution < 1.29 is 4.79 Å². The van der Waals surface area contributed by atoms with Gasteiger partial charge in [0.15, 0.2) is 0 Å². The lowest BCUT2D eigenvalue weighted by Crippen LogP contribution is -2.29. The van der Waals surface area contributed by atoms with Gasteiger partial charge in [0.2, 0.25) is 5.91 Å². The molecule has 0 atom stereocenters. The van der Waals surface area contributed by atoms with Gasteiger partial charge in [0.05, 0.1) is 5.75 Å². The van der Waals surface area contributed by atoms with Gasteiger partial charge in [-0.2, -0.15) is 0 Å². The number of likely N-dealkylation sites (tertiary alicyclic amines) is 1. The predicted molar refractivity (Wildman–Crippen MR) is 118 cm³/mol. The van der Waals surface area contributed by atoms with E-state index in [1.807, 2.05) is 12.1 Å². The van der Waals surface area contributed by atoms with Crippen LogP contribution >= 0.6 is 27.7 Å². The van der Waals surface area contributed by atoms with Gasteiger partial charge in [-0.3, -0.25) is 9.69 Å². The van der Waals surface area contributed by atoms with Gasteiger partial charge in [0, 0.05) is 23.3 Å². The molecule has 144 valence electrons. The van der Waals surface area contributed by atoms with Crippen molar-refractivity contribution >= 4 is 33.6 Å². The van der Waals surface area contributed by atoms with E-state index in [-0.39, 0.29) is 5.91 Å². The van der Waals surface area contributed by atoms with Crippen molar-refractivity contribution in [1.29, 1.82) is 0 Å². The van der Waals surface area contributed by atoms with Gasteiger partial charge in [-0.05, 0) is 54.8 Å². The maximum absolute atomic E-state index is 12.0. The number of amides is 1. The number of carbonyl (C=O) groups is 1. The molecule has 1 amide bonds. The highest BCUT2D eigenvalue weighted by Gasteiger charge is 2.10. The summed E-state index contributed by atoms with van der Waals surface area (Å²) in [6.07, 6.45) is 4.02. The molecule has 0 saturated carbocycles. The van der Waals surface area contributed by atoms with Gasteiger partial charge in [-0.1, -0.05) is 58.7 Å². The molecule has 0 radical (unpaired) electrons. The molecule has 1 aliphatic heterocycles. The molecule has 0 aliphatic carbocycles. The number of nitrogens with one attached hydrogen (secondary N) is 1. The second kappa shape index (κ2) is 10.9. The van der Waals surface area contributed by atoms with Gasteiger partial charge < -0.3 is 5.32 Å². The van der Waals surface area contributed by atoms with E-state index in [1.165, 1.54) is 43.5 Å². The van der Waals surface area contributed by atoms with Crippen LogP contribution in [-0.2, 0) is 23.6 Å². The quantitative estimate of drug-likeness (QED) is 0.619. The molecule has 0 spiro atoms. The highest BCUT2D eigenvalue weighted by Crippen LogP contribution is 2.16. The molecule has 1 saturated heterocycles. The molecule has 3 rings (SSSR count). The van der Waals surface area contributed by atoms with E-state index in [9.17, 15) is 4.79 Å². The van der Waals surface area contributed by atoms with E-state index < -0.39 is 0 Å². The van der Waals surface area contributed by atoms with Crippen molar-refractivity contribution in [2.24, 2.45) is 0 Å². The Labute approximate surface area is 175 Å². The van der Waals surface area contributed by atoms with Crippen LogP contribution in [0.2, 0.25) is 0 Å². The molecule has 27 heavy (non-hydrogen) atoms. The number of rotatable bonds is 8. The fourth-order valence-corrected chi connectivity index (χ4v) is 4.31. The van der Waals surface area contributed by atoms with Crippen LogP contribution in [0.15, 0.2) is 53.0 Å². The molecule has 1 aliphatic rings. The average Bonchev–Trinajstić information content (AvgIpc) is 2.70. The summed E-state index contributed by atoms with van der Waals surface area (Å²) in [7, 11) is 0. The smallest absolute Gasteiger partial charge is 0.230 e. The number of piperidine rings is 1. The van der Waals surface area contributed by atoms with Gasteiger partial charge >= 0.3 is 0 Å². The highest BCUT2D eigenvalue weighted by atomic mass is 79.9. The first-order chi connectivity index (χ1) is 13.2. The van der Waals surface area contributed by atoms with Crippen molar-refractivity contribution in [3.8, 4) is 0 Å². The summed E-state index contributed by atoms with van der Waals surface area (Å²) in [6, 6.07) is 16.9. The van der Waals surface area contributed by atoms with Crippen LogP contribution in [0.3, 0.4) is 0 Å². The summed E-state index contributed by atoms with van der Waals surface area (Å²) in [5.74, 6) is 1.43. The number of benzene rings is 2. The van der Waals surface area contributed by atoms with Gasteiger partial charge in [0.1, 0.15) is 0 Å². The summed E-state index contributed by atoms with van der Waals surface area (Å²) < 4.78 is 1.08. The van der Waals surface area contributed by atoms with Crippen molar-refractivity contribution in [2.45, 2.75) is 38.1 Å². The van der Waals surface area contributed by atoms with E-state index in [2.05, 4.69) is 62.5 Å². The largest absolute Gasteiger partial charge is 0.351 e. The van der Waals surface area contributed by atoms with Crippen molar-refractivity contribution in [3.05, 3.63) is 69.7 Å². The zero-order valence-electron chi connectivity index (χ0n) is 15.6. The van der Waals surface area contributed by atoms with E-state index in [4.69, 9.17) is 0 Å². The molecule has 0 unspecified atom stereocenters. The molecule has 1 fully saturated rings. The topological polar surface area (TPSA) is 32.3 Å². The first-order valence-corrected chi connectivity index (χ1v) is 11.5. The molecule has 0 aromatic heterocycles. The van der Waals surface area contributed by atoms with Gasteiger partial charge in [-0.15, -0.1) is 11.8 Å². The molecule has 5 heteroatoms. The molecule has 0 bridgehead atoms. The maximum Gasteiger partial charge on any atom is 0.230 e. The second-order valence-corrected chi connectivity index (χ2v) is 8.95. The van der Waals surface area contributed by atoms with Crippen molar-refractivity contribution in [2.75, 3.05) is 18.8 Å². The van der Waals surface area contributed by atoms with Gasteiger partial charge in [0.25, 0.3) is 0 Å². The highest BCUT2D eigenvalue weighted by molar-refractivity contribution is 9.10. The molecule has 3 nitrogen and oxygen atoms in total. The summed E-state index contributed by atoms with van der Waals surface area (Å²) in [6.45, 7) is 4.08. The number of thioether (sulfide) groups is 1. The molecule has 2 aromatic carbocycles. The third-order valence-electron chi connectivity index (χ3n) is 4.78. The van der Waals surface area contributed by atoms with E-state index in [0.717, 1.165) is 22.3 Å². The fraction of sp³-hybridized carbons (Fsp3) is 0.409. The Kier molecular flexibility index (Phi) is 8.24. The van der Waals surface area contributed by atoms with Crippen LogP contribution in [0.5, 0.6) is 0 Å². The SMILES string of the molecule is O=C(CSCc1ccc(Br)cc1)NCc1ccc(CN2CCCCC2)cc1. The Morgan fingerprint density at radius 1 is 0.926 bits per heavy atom. The lowest BCUT2D eigenvalue weighted by molar-refractivity contribution is -0.118. The minimum atomic E-state index is 0.0921. The van der Waals surface area contributed by atoms with E-state index in [0.29, 0.717) is 12.3 Å². The van der Waals surface area contributed by atoms with Crippen LogP contribution in [0.25, 0.3) is 0 Å². The Bertz CT molecular complexity index is 712. The van der Waals surface area contributed by atoms with Crippen LogP contribution in [-0.4, -0.2) is 29.6 Å².